The molecular formula is C17H28ClNS. The molecule has 114 valence electrons. The molecular weight excluding hydrogens is 286 g/mol. The molecule has 0 aliphatic carbocycles. The molecule has 0 aliphatic heterocycles. The summed E-state index contributed by atoms with van der Waals surface area (Å²) in [6, 6.07) is 8.72. The summed E-state index contributed by atoms with van der Waals surface area (Å²) in [4.78, 5) is 1.20. The van der Waals surface area contributed by atoms with Crippen LogP contribution in [-0.4, -0.2) is 18.3 Å². The molecule has 0 amide bonds. The predicted octanol–water partition coefficient (Wildman–Crippen LogP) is 5.63. The molecule has 1 nitrogen and oxygen atoms in total. The molecule has 20 heavy (non-hydrogen) atoms. The van der Waals surface area contributed by atoms with E-state index in [4.69, 9.17) is 11.6 Å². The van der Waals surface area contributed by atoms with Crippen molar-refractivity contribution in [1.29, 1.82) is 0 Å². The van der Waals surface area contributed by atoms with Gasteiger partial charge in [-0.05, 0) is 37.4 Å². The zero-order chi connectivity index (χ0) is 14.8. The summed E-state index contributed by atoms with van der Waals surface area (Å²) in [7, 11) is 0. The maximum atomic E-state index is 6.22. The smallest absolute Gasteiger partial charge is 0.0541 e. The normalized spacial score (nSPS) is 12.8. The first kappa shape index (κ1) is 17.9. The van der Waals surface area contributed by atoms with Crippen molar-refractivity contribution in [3.8, 4) is 0 Å². The molecule has 1 N–H and O–H groups in total. The standard InChI is InChI=1S/C17H28ClNS/c1-4-12-19-15(9-7-8-14(2)3)13-20-17-11-6-5-10-16(17)18/h5-6,10-11,14-15,19H,4,7-9,12-13H2,1-3H3. The average Bonchev–Trinajstić information content (AvgIpc) is 2.42. The fraction of sp³-hybridized carbons (Fsp3) is 0.647. The van der Waals surface area contributed by atoms with E-state index in [1.54, 1.807) is 0 Å². The summed E-state index contributed by atoms with van der Waals surface area (Å²) in [5.74, 6) is 1.90. The van der Waals surface area contributed by atoms with Crippen LogP contribution in [-0.2, 0) is 0 Å². The topological polar surface area (TPSA) is 12.0 Å². The Morgan fingerprint density at radius 2 is 1.95 bits per heavy atom. The number of rotatable bonds is 10. The van der Waals surface area contributed by atoms with E-state index in [0.717, 1.165) is 23.2 Å². The summed E-state index contributed by atoms with van der Waals surface area (Å²) in [6.45, 7) is 7.93. The highest BCUT2D eigenvalue weighted by Gasteiger charge is 2.10. The van der Waals surface area contributed by atoms with Gasteiger partial charge >= 0.3 is 0 Å². The Kier molecular flexibility index (Phi) is 9.41. The minimum absolute atomic E-state index is 0.593. The van der Waals surface area contributed by atoms with Crippen LogP contribution in [0.15, 0.2) is 29.2 Å². The molecule has 0 heterocycles. The third-order valence-corrected chi connectivity index (χ3v) is 4.97. The lowest BCUT2D eigenvalue weighted by atomic mass is 10.0. The summed E-state index contributed by atoms with van der Waals surface area (Å²) in [6.07, 6.45) is 5.08. The van der Waals surface area contributed by atoms with Crippen molar-refractivity contribution in [2.75, 3.05) is 12.3 Å². The van der Waals surface area contributed by atoms with Crippen LogP contribution in [0.2, 0.25) is 5.02 Å². The molecule has 0 fully saturated rings. The van der Waals surface area contributed by atoms with Crippen molar-refractivity contribution >= 4 is 23.4 Å². The van der Waals surface area contributed by atoms with Gasteiger partial charge in [0.15, 0.2) is 0 Å². The maximum absolute atomic E-state index is 6.22. The Morgan fingerprint density at radius 3 is 2.60 bits per heavy atom. The molecule has 1 aromatic carbocycles. The summed E-state index contributed by atoms with van der Waals surface area (Å²) >= 11 is 8.09. The highest BCUT2D eigenvalue weighted by molar-refractivity contribution is 7.99. The highest BCUT2D eigenvalue weighted by atomic mass is 35.5. The van der Waals surface area contributed by atoms with Gasteiger partial charge in [0.1, 0.15) is 0 Å². The van der Waals surface area contributed by atoms with Crippen molar-refractivity contribution in [1.82, 2.24) is 5.32 Å². The molecule has 1 aromatic rings. The second kappa shape index (κ2) is 10.5. The second-order valence-corrected chi connectivity index (χ2v) is 7.19. The molecule has 0 bridgehead atoms. The van der Waals surface area contributed by atoms with Gasteiger partial charge in [-0.1, -0.05) is 57.3 Å². The number of hydrogen-bond acceptors (Lipinski definition) is 2. The molecule has 0 aliphatic rings. The quantitative estimate of drug-likeness (QED) is 0.562. The van der Waals surface area contributed by atoms with Crippen LogP contribution in [0.3, 0.4) is 0 Å². The largest absolute Gasteiger partial charge is 0.313 e. The van der Waals surface area contributed by atoms with Gasteiger partial charge in [-0.3, -0.25) is 0 Å². The molecule has 0 spiro atoms. The van der Waals surface area contributed by atoms with E-state index in [-0.39, 0.29) is 0 Å². The van der Waals surface area contributed by atoms with Gasteiger partial charge in [-0.25, -0.2) is 0 Å². The van der Waals surface area contributed by atoms with E-state index in [0.29, 0.717) is 6.04 Å². The minimum Gasteiger partial charge on any atom is -0.313 e. The Hall–Kier alpha value is -0.180. The molecule has 0 saturated carbocycles. The summed E-state index contributed by atoms with van der Waals surface area (Å²) in [5.41, 5.74) is 0. The monoisotopic (exact) mass is 313 g/mol. The van der Waals surface area contributed by atoms with Crippen LogP contribution in [0.5, 0.6) is 0 Å². The molecule has 1 unspecified atom stereocenters. The van der Waals surface area contributed by atoms with E-state index in [1.165, 1.54) is 30.6 Å². The van der Waals surface area contributed by atoms with Crippen LogP contribution in [0, 0.1) is 5.92 Å². The third kappa shape index (κ3) is 7.56. The van der Waals surface area contributed by atoms with E-state index in [9.17, 15) is 0 Å². The fourth-order valence-corrected chi connectivity index (χ4v) is 3.46. The Morgan fingerprint density at radius 1 is 1.20 bits per heavy atom. The number of hydrogen-bond donors (Lipinski definition) is 1. The van der Waals surface area contributed by atoms with Crippen molar-refractivity contribution in [3.63, 3.8) is 0 Å². The lowest BCUT2D eigenvalue weighted by molar-refractivity contribution is 0.462. The van der Waals surface area contributed by atoms with Crippen LogP contribution in [0.1, 0.15) is 46.5 Å². The molecule has 0 saturated heterocycles. The Bertz CT molecular complexity index is 368. The van der Waals surface area contributed by atoms with E-state index >= 15 is 0 Å². The molecule has 3 heteroatoms. The van der Waals surface area contributed by atoms with Gasteiger partial charge in [0.2, 0.25) is 0 Å². The van der Waals surface area contributed by atoms with E-state index < -0.39 is 0 Å². The lowest BCUT2D eigenvalue weighted by Gasteiger charge is -2.19. The van der Waals surface area contributed by atoms with Gasteiger partial charge < -0.3 is 5.32 Å². The SMILES string of the molecule is CCCNC(CCCC(C)C)CSc1ccccc1Cl. The zero-order valence-corrected chi connectivity index (χ0v) is 14.6. The number of benzene rings is 1. The number of nitrogens with one attached hydrogen (secondary N) is 1. The van der Waals surface area contributed by atoms with E-state index in [1.807, 2.05) is 23.9 Å². The van der Waals surface area contributed by atoms with Crippen LogP contribution in [0.4, 0.5) is 0 Å². The lowest BCUT2D eigenvalue weighted by Crippen LogP contribution is -2.32. The van der Waals surface area contributed by atoms with Crippen molar-refractivity contribution in [3.05, 3.63) is 29.3 Å². The number of thioether (sulfide) groups is 1. The molecule has 0 radical (unpaired) electrons. The molecule has 1 atom stereocenters. The Labute approximate surface area is 133 Å². The molecule has 0 aromatic heterocycles. The predicted molar refractivity (Wildman–Crippen MR) is 92.9 cm³/mol. The van der Waals surface area contributed by atoms with Gasteiger partial charge in [0.25, 0.3) is 0 Å². The highest BCUT2D eigenvalue weighted by Crippen LogP contribution is 2.27. The number of halogens is 1. The zero-order valence-electron chi connectivity index (χ0n) is 13.0. The third-order valence-electron chi connectivity index (χ3n) is 3.29. The van der Waals surface area contributed by atoms with Crippen LogP contribution < -0.4 is 5.32 Å². The van der Waals surface area contributed by atoms with Gasteiger partial charge in [-0.2, -0.15) is 0 Å². The first-order valence-electron chi connectivity index (χ1n) is 7.74. The fourth-order valence-electron chi connectivity index (χ4n) is 2.12. The first-order valence-corrected chi connectivity index (χ1v) is 9.10. The van der Waals surface area contributed by atoms with Gasteiger partial charge in [0.05, 0.1) is 5.02 Å². The second-order valence-electron chi connectivity index (χ2n) is 5.72. The Balaban J connectivity index is 2.41. The molecule has 1 rings (SSSR count). The minimum atomic E-state index is 0.593. The first-order chi connectivity index (χ1) is 9.63. The summed E-state index contributed by atoms with van der Waals surface area (Å²) < 4.78 is 0. The van der Waals surface area contributed by atoms with Crippen molar-refractivity contribution in [2.45, 2.75) is 57.4 Å². The van der Waals surface area contributed by atoms with Crippen molar-refractivity contribution in [2.24, 2.45) is 5.92 Å². The van der Waals surface area contributed by atoms with E-state index in [2.05, 4.69) is 38.2 Å². The average molecular weight is 314 g/mol. The summed E-state index contributed by atoms with van der Waals surface area (Å²) in [5, 5.41) is 4.54. The van der Waals surface area contributed by atoms with Crippen molar-refractivity contribution < 1.29 is 0 Å². The van der Waals surface area contributed by atoms with Crippen LogP contribution >= 0.6 is 23.4 Å². The van der Waals surface area contributed by atoms with Gasteiger partial charge in [0, 0.05) is 16.7 Å². The van der Waals surface area contributed by atoms with Crippen LogP contribution in [0.25, 0.3) is 0 Å². The maximum Gasteiger partial charge on any atom is 0.0541 e. The van der Waals surface area contributed by atoms with Gasteiger partial charge in [-0.15, -0.1) is 11.8 Å².